The maximum Gasteiger partial charge on any atom is 0.293 e. The molecule has 1 fully saturated rings. The maximum atomic E-state index is 11.8. The van der Waals surface area contributed by atoms with E-state index in [9.17, 15) is 14.9 Å². The summed E-state index contributed by atoms with van der Waals surface area (Å²) in [6, 6.07) is 13.8. The molecule has 0 bridgehead atoms. The molecule has 3 rings (SSSR count). The number of nitrogens with one attached hydrogen (secondary N) is 1. The van der Waals surface area contributed by atoms with Crippen molar-refractivity contribution in [3.05, 3.63) is 63.7 Å². The highest BCUT2D eigenvalue weighted by Crippen LogP contribution is 2.26. The van der Waals surface area contributed by atoms with E-state index in [0.717, 1.165) is 24.2 Å². The molecule has 7 heteroatoms. The number of amides is 1. The summed E-state index contributed by atoms with van der Waals surface area (Å²) >= 11 is 0. The SMILES string of the molecule is N#Cc1ccc(NCc2ccc(N3CCCC3=O)cc2)c([N+](=O)[O-])c1. The third kappa shape index (κ3) is 3.58. The van der Waals surface area contributed by atoms with Crippen molar-refractivity contribution in [2.45, 2.75) is 19.4 Å². The number of nitrogens with zero attached hydrogens (tertiary/aromatic N) is 3. The molecule has 1 saturated heterocycles. The number of nitriles is 1. The lowest BCUT2D eigenvalue weighted by molar-refractivity contribution is -0.384. The van der Waals surface area contributed by atoms with Crippen LogP contribution in [0, 0.1) is 21.4 Å². The monoisotopic (exact) mass is 336 g/mol. The van der Waals surface area contributed by atoms with Crippen molar-refractivity contribution >= 4 is 23.0 Å². The Balaban J connectivity index is 1.71. The van der Waals surface area contributed by atoms with Gasteiger partial charge in [0.15, 0.2) is 0 Å². The molecule has 0 saturated carbocycles. The Kier molecular flexibility index (Phi) is 4.61. The maximum absolute atomic E-state index is 11.8. The molecule has 0 unspecified atom stereocenters. The minimum atomic E-state index is -0.509. The molecule has 1 N–H and O–H groups in total. The number of carbonyl (C=O) groups is 1. The second kappa shape index (κ2) is 7.01. The van der Waals surface area contributed by atoms with Gasteiger partial charge in [-0.15, -0.1) is 0 Å². The zero-order valence-corrected chi connectivity index (χ0v) is 13.4. The van der Waals surface area contributed by atoms with Gasteiger partial charge in [-0.25, -0.2) is 0 Å². The number of anilines is 2. The largest absolute Gasteiger partial charge is 0.375 e. The van der Waals surface area contributed by atoms with Gasteiger partial charge in [0.2, 0.25) is 5.91 Å². The number of nitro benzene ring substituents is 1. The van der Waals surface area contributed by atoms with E-state index < -0.39 is 4.92 Å². The van der Waals surface area contributed by atoms with Crippen LogP contribution < -0.4 is 10.2 Å². The first-order chi connectivity index (χ1) is 12.1. The molecule has 0 aliphatic carbocycles. The van der Waals surface area contributed by atoms with Crippen LogP contribution in [0.4, 0.5) is 17.1 Å². The average Bonchev–Trinajstić information content (AvgIpc) is 3.06. The summed E-state index contributed by atoms with van der Waals surface area (Å²) in [6.45, 7) is 1.15. The van der Waals surface area contributed by atoms with Crippen LogP contribution in [-0.4, -0.2) is 17.4 Å². The predicted octanol–water partition coefficient (Wildman–Crippen LogP) is 3.21. The summed E-state index contributed by atoms with van der Waals surface area (Å²) in [7, 11) is 0. The number of rotatable bonds is 5. The lowest BCUT2D eigenvalue weighted by atomic mass is 10.1. The van der Waals surface area contributed by atoms with Crippen molar-refractivity contribution in [3.8, 4) is 6.07 Å². The zero-order chi connectivity index (χ0) is 17.8. The Hall–Kier alpha value is -3.40. The van der Waals surface area contributed by atoms with Crippen LogP contribution >= 0.6 is 0 Å². The molecule has 0 aromatic heterocycles. The fourth-order valence-corrected chi connectivity index (χ4v) is 2.81. The number of benzene rings is 2. The van der Waals surface area contributed by atoms with Crippen LogP contribution in [0.1, 0.15) is 24.0 Å². The summed E-state index contributed by atoms with van der Waals surface area (Å²) in [5.74, 6) is 0.138. The van der Waals surface area contributed by atoms with E-state index in [0.29, 0.717) is 18.7 Å². The van der Waals surface area contributed by atoms with E-state index in [-0.39, 0.29) is 17.2 Å². The normalized spacial score (nSPS) is 13.6. The number of hydrogen-bond acceptors (Lipinski definition) is 5. The van der Waals surface area contributed by atoms with Gasteiger partial charge >= 0.3 is 0 Å². The van der Waals surface area contributed by atoms with Gasteiger partial charge in [0.25, 0.3) is 5.69 Å². The highest BCUT2D eigenvalue weighted by atomic mass is 16.6. The van der Waals surface area contributed by atoms with Crippen LogP contribution in [0.2, 0.25) is 0 Å². The van der Waals surface area contributed by atoms with E-state index >= 15 is 0 Å². The Labute approximate surface area is 144 Å². The van der Waals surface area contributed by atoms with E-state index in [1.165, 1.54) is 18.2 Å². The van der Waals surface area contributed by atoms with Gasteiger partial charge in [0.1, 0.15) is 5.69 Å². The van der Waals surface area contributed by atoms with Crippen molar-refractivity contribution in [1.82, 2.24) is 0 Å². The van der Waals surface area contributed by atoms with Crippen LogP contribution in [-0.2, 0) is 11.3 Å². The van der Waals surface area contributed by atoms with Crippen LogP contribution in [0.5, 0.6) is 0 Å². The number of hydrogen-bond donors (Lipinski definition) is 1. The molecule has 1 aliphatic heterocycles. The van der Waals surface area contributed by atoms with Crippen molar-refractivity contribution in [2.75, 3.05) is 16.8 Å². The van der Waals surface area contributed by atoms with E-state index in [2.05, 4.69) is 5.32 Å². The van der Waals surface area contributed by atoms with E-state index in [1.807, 2.05) is 30.3 Å². The molecule has 1 amide bonds. The minimum Gasteiger partial charge on any atom is -0.375 e. The van der Waals surface area contributed by atoms with Crippen LogP contribution in [0.25, 0.3) is 0 Å². The smallest absolute Gasteiger partial charge is 0.293 e. The molecule has 126 valence electrons. The molecule has 0 atom stereocenters. The van der Waals surface area contributed by atoms with Crippen LogP contribution in [0.15, 0.2) is 42.5 Å². The molecular formula is C18H16N4O3. The highest BCUT2D eigenvalue weighted by molar-refractivity contribution is 5.95. The third-order valence-corrected chi connectivity index (χ3v) is 4.13. The van der Waals surface area contributed by atoms with Gasteiger partial charge in [-0.1, -0.05) is 12.1 Å². The summed E-state index contributed by atoms with van der Waals surface area (Å²) in [6.07, 6.45) is 1.47. The van der Waals surface area contributed by atoms with Gasteiger partial charge in [0, 0.05) is 31.3 Å². The van der Waals surface area contributed by atoms with E-state index in [4.69, 9.17) is 5.26 Å². The first-order valence-electron chi connectivity index (χ1n) is 7.90. The molecule has 2 aromatic carbocycles. The molecule has 0 radical (unpaired) electrons. The standard InChI is InChI=1S/C18H16N4O3/c19-11-14-5-8-16(17(10-14)22(24)25)20-12-13-3-6-15(7-4-13)21-9-1-2-18(21)23/h3-8,10,20H,1-2,9,12H2. The number of nitro groups is 1. The third-order valence-electron chi connectivity index (χ3n) is 4.13. The lowest BCUT2D eigenvalue weighted by Gasteiger charge is -2.16. The Morgan fingerprint density at radius 1 is 1.24 bits per heavy atom. The molecular weight excluding hydrogens is 320 g/mol. The Bertz CT molecular complexity index is 856. The molecule has 25 heavy (non-hydrogen) atoms. The highest BCUT2D eigenvalue weighted by Gasteiger charge is 2.21. The van der Waals surface area contributed by atoms with Gasteiger partial charge < -0.3 is 10.2 Å². The number of carbonyl (C=O) groups excluding carboxylic acids is 1. The van der Waals surface area contributed by atoms with Crippen LogP contribution in [0.3, 0.4) is 0 Å². The molecule has 0 spiro atoms. The van der Waals surface area contributed by atoms with E-state index in [1.54, 1.807) is 4.90 Å². The molecule has 2 aromatic rings. The fraction of sp³-hybridized carbons (Fsp3) is 0.222. The Morgan fingerprint density at radius 2 is 2.00 bits per heavy atom. The molecule has 7 nitrogen and oxygen atoms in total. The lowest BCUT2D eigenvalue weighted by Crippen LogP contribution is -2.23. The summed E-state index contributed by atoms with van der Waals surface area (Å²) in [4.78, 5) is 24.2. The summed E-state index contributed by atoms with van der Waals surface area (Å²) in [5, 5.41) is 23.0. The van der Waals surface area contributed by atoms with Crippen molar-refractivity contribution in [2.24, 2.45) is 0 Å². The topological polar surface area (TPSA) is 99.3 Å². The van der Waals surface area contributed by atoms with Crippen molar-refractivity contribution < 1.29 is 9.72 Å². The summed E-state index contributed by atoms with van der Waals surface area (Å²) < 4.78 is 0. The zero-order valence-electron chi connectivity index (χ0n) is 13.4. The van der Waals surface area contributed by atoms with Gasteiger partial charge in [-0.3, -0.25) is 14.9 Å². The summed E-state index contributed by atoms with van der Waals surface area (Å²) in [5.41, 5.74) is 2.29. The quantitative estimate of drug-likeness (QED) is 0.667. The molecule has 1 heterocycles. The second-order valence-corrected chi connectivity index (χ2v) is 5.77. The first-order valence-corrected chi connectivity index (χ1v) is 7.90. The van der Waals surface area contributed by atoms with Crippen molar-refractivity contribution in [1.29, 1.82) is 5.26 Å². The Morgan fingerprint density at radius 3 is 2.60 bits per heavy atom. The van der Waals surface area contributed by atoms with Gasteiger partial charge in [-0.05, 0) is 36.2 Å². The first kappa shape index (κ1) is 16.5. The minimum absolute atomic E-state index is 0.127. The fourth-order valence-electron chi connectivity index (χ4n) is 2.81. The van der Waals surface area contributed by atoms with Gasteiger partial charge in [-0.2, -0.15) is 5.26 Å². The second-order valence-electron chi connectivity index (χ2n) is 5.77. The average molecular weight is 336 g/mol. The van der Waals surface area contributed by atoms with Gasteiger partial charge in [0.05, 0.1) is 16.6 Å². The molecule has 1 aliphatic rings. The predicted molar refractivity (Wildman–Crippen MR) is 93.2 cm³/mol. The van der Waals surface area contributed by atoms with Crippen molar-refractivity contribution in [3.63, 3.8) is 0 Å².